The molecule has 0 aliphatic carbocycles. The van der Waals surface area contributed by atoms with E-state index in [1.807, 2.05) is 0 Å². The molecule has 0 aliphatic rings. The van der Waals surface area contributed by atoms with Gasteiger partial charge in [0, 0.05) is 17.8 Å². The van der Waals surface area contributed by atoms with E-state index in [9.17, 15) is 4.39 Å². The number of hydrogen-bond acceptors (Lipinski definition) is 4. The zero-order valence-electron chi connectivity index (χ0n) is 6.58. The Morgan fingerprint density at radius 1 is 1.42 bits per heavy atom. The molecular formula is C7H9FN4. The maximum atomic E-state index is 12.7. The van der Waals surface area contributed by atoms with Gasteiger partial charge in [-0.2, -0.15) is 0 Å². The Bertz CT molecular complexity index is 251. The summed E-state index contributed by atoms with van der Waals surface area (Å²) in [4.78, 5) is 0. The molecule has 0 saturated heterocycles. The predicted octanol–water partition coefficient (Wildman–Crippen LogP) is 1.48. The summed E-state index contributed by atoms with van der Waals surface area (Å²) in [6.07, 6.45) is 0. The summed E-state index contributed by atoms with van der Waals surface area (Å²) in [6, 6.07) is 4.59. The minimum absolute atomic E-state index is 0.317. The molecule has 0 heterocycles. The van der Waals surface area contributed by atoms with Crippen molar-refractivity contribution in [3.05, 3.63) is 24.0 Å². The Hall–Kier alpha value is -1.83. The summed E-state index contributed by atoms with van der Waals surface area (Å²) >= 11 is 0. The van der Waals surface area contributed by atoms with Crippen LogP contribution in [0.3, 0.4) is 0 Å². The first kappa shape index (κ1) is 10.2. The van der Waals surface area contributed by atoms with Crippen molar-refractivity contribution in [1.29, 1.82) is 10.8 Å². The van der Waals surface area contributed by atoms with Gasteiger partial charge >= 0.3 is 0 Å². The van der Waals surface area contributed by atoms with Crippen molar-refractivity contribution in [2.24, 2.45) is 0 Å². The highest BCUT2D eigenvalue weighted by Gasteiger charge is 2.00. The van der Waals surface area contributed by atoms with Gasteiger partial charge in [0.15, 0.2) is 0 Å². The zero-order valence-corrected chi connectivity index (χ0v) is 6.58. The van der Waals surface area contributed by atoms with Crippen LogP contribution in [0.5, 0.6) is 0 Å². The maximum Gasteiger partial charge on any atom is 0.148 e. The molecule has 3 N–H and O–H groups in total. The van der Waals surface area contributed by atoms with Gasteiger partial charge in [-0.15, -0.1) is 0 Å². The summed E-state index contributed by atoms with van der Waals surface area (Å²) < 4.78 is 12.7. The minimum Gasteiger partial charge on any atom is -0.397 e. The zero-order chi connectivity index (χ0) is 9.56. The monoisotopic (exact) mass is 168 g/mol. The van der Waals surface area contributed by atoms with E-state index in [0.29, 0.717) is 11.4 Å². The molecule has 0 amide bonds. The van der Waals surface area contributed by atoms with Crippen LogP contribution < -0.4 is 11.1 Å². The lowest BCUT2D eigenvalue weighted by molar-refractivity contribution is 0.632. The molecule has 4 nitrogen and oxygen atoms in total. The van der Waals surface area contributed by atoms with Crippen molar-refractivity contribution < 1.29 is 4.39 Å². The molecule has 0 radical (unpaired) electrons. The number of rotatable bonds is 1. The standard InChI is InChI=1S/C7H9FN2.N2/c1-10-7-5(8)3-2-4-6(7)9;1-2/h2-4,10H,9H2,1H3;. The Kier molecular flexibility index (Phi) is 4.16. The van der Waals surface area contributed by atoms with E-state index in [2.05, 4.69) is 5.32 Å². The van der Waals surface area contributed by atoms with Gasteiger partial charge in [-0.1, -0.05) is 6.07 Å². The molecule has 0 aromatic heterocycles. The summed E-state index contributed by atoms with van der Waals surface area (Å²) in [5.74, 6) is -0.317. The van der Waals surface area contributed by atoms with Gasteiger partial charge in [-0.05, 0) is 12.1 Å². The molecule has 12 heavy (non-hydrogen) atoms. The third-order valence-corrected chi connectivity index (χ3v) is 1.30. The summed E-state index contributed by atoms with van der Waals surface area (Å²) in [5.41, 5.74) is 6.23. The Labute approximate surface area is 69.6 Å². The second-order valence-corrected chi connectivity index (χ2v) is 1.95. The third kappa shape index (κ3) is 2.09. The van der Waals surface area contributed by atoms with Gasteiger partial charge in [0.2, 0.25) is 0 Å². The lowest BCUT2D eigenvalue weighted by atomic mass is 10.2. The fraction of sp³-hybridized carbons (Fsp3) is 0.143. The van der Waals surface area contributed by atoms with E-state index in [1.54, 1.807) is 19.2 Å². The molecule has 64 valence electrons. The van der Waals surface area contributed by atoms with Crippen LogP contribution in [0.25, 0.3) is 0 Å². The fourth-order valence-electron chi connectivity index (χ4n) is 0.805. The van der Waals surface area contributed by atoms with Crippen LogP contribution >= 0.6 is 0 Å². The predicted molar refractivity (Wildman–Crippen MR) is 43.8 cm³/mol. The third-order valence-electron chi connectivity index (χ3n) is 1.30. The first-order chi connectivity index (χ1) is 5.75. The van der Waals surface area contributed by atoms with Gasteiger partial charge in [0.05, 0.1) is 11.4 Å². The molecule has 0 saturated carbocycles. The summed E-state index contributed by atoms with van der Waals surface area (Å²) in [5, 5.41) is 14.7. The van der Waals surface area contributed by atoms with Crippen molar-refractivity contribution in [3.8, 4) is 0 Å². The molecule has 0 aliphatic heterocycles. The quantitative estimate of drug-likeness (QED) is 0.491. The van der Waals surface area contributed by atoms with Crippen molar-refractivity contribution in [1.82, 2.24) is 0 Å². The highest BCUT2D eigenvalue weighted by molar-refractivity contribution is 5.66. The average molecular weight is 168 g/mol. The molecule has 0 unspecified atom stereocenters. The molecule has 5 heteroatoms. The maximum absolute atomic E-state index is 12.7. The smallest absolute Gasteiger partial charge is 0.148 e. The van der Waals surface area contributed by atoms with Crippen LogP contribution in [-0.4, -0.2) is 7.05 Å². The lowest BCUT2D eigenvalue weighted by Gasteiger charge is -2.03. The largest absolute Gasteiger partial charge is 0.397 e. The number of nitrogen functional groups attached to an aromatic ring is 1. The second-order valence-electron chi connectivity index (χ2n) is 1.95. The highest BCUT2D eigenvalue weighted by atomic mass is 19.1. The molecule has 0 atom stereocenters. The van der Waals surface area contributed by atoms with Crippen LogP contribution in [0.15, 0.2) is 18.2 Å². The van der Waals surface area contributed by atoms with Crippen LogP contribution in [0.4, 0.5) is 15.8 Å². The molecular weight excluding hydrogens is 159 g/mol. The molecule has 0 spiro atoms. The van der Waals surface area contributed by atoms with Crippen molar-refractivity contribution in [2.45, 2.75) is 0 Å². The minimum atomic E-state index is -0.317. The van der Waals surface area contributed by atoms with Crippen LogP contribution in [-0.2, 0) is 0 Å². The number of para-hydroxylation sites is 1. The topological polar surface area (TPSA) is 85.6 Å². The normalized spacial score (nSPS) is 8.00. The van der Waals surface area contributed by atoms with Gasteiger partial charge in [-0.25, -0.2) is 4.39 Å². The van der Waals surface area contributed by atoms with Crippen LogP contribution in [0.2, 0.25) is 0 Å². The van der Waals surface area contributed by atoms with Crippen molar-refractivity contribution in [2.75, 3.05) is 18.1 Å². The number of halogens is 1. The van der Waals surface area contributed by atoms with Crippen molar-refractivity contribution >= 4 is 11.4 Å². The Balaban J connectivity index is 0.000000561. The van der Waals surface area contributed by atoms with E-state index in [1.165, 1.54) is 6.07 Å². The molecule has 1 aromatic rings. The molecule has 0 bridgehead atoms. The highest BCUT2D eigenvalue weighted by Crippen LogP contribution is 2.20. The molecule has 1 rings (SSSR count). The van der Waals surface area contributed by atoms with E-state index >= 15 is 0 Å². The summed E-state index contributed by atoms with van der Waals surface area (Å²) in [6.45, 7) is 0. The first-order valence-corrected chi connectivity index (χ1v) is 3.17. The summed E-state index contributed by atoms with van der Waals surface area (Å²) in [7, 11) is 1.63. The average Bonchev–Trinajstić information content (AvgIpc) is 2.08. The number of hydrogen-bond donors (Lipinski definition) is 2. The number of nitrogens with zero attached hydrogens (tertiary/aromatic N) is 2. The van der Waals surface area contributed by atoms with Crippen molar-refractivity contribution in [3.63, 3.8) is 0 Å². The number of nitrogens with two attached hydrogens (primary N) is 1. The Morgan fingerprint density at radius 2 is 2.00 bits per heavy atom. The van der Waals surface area contributed by atoms with Crippen LogP contribution in [0.1, 0.15) is 0 Å². The number of benzene rings is 1. The van der Waals surface area contributed by atoms with Gasteiger partial charge in [0.1, 0.15) is 5.82 Å². The molecule has 1 aromatic carbocycles. The number of nitrogens with one attached hydrogen (secondary N) is 1. The lowest BCUT2D eigenvalue weighted by Crippen LogP contribution is -1.97. The van der Waals surface area contributed by atoms with E-state index in [0.717, 1.165) is 0 Å². The van der Waals surface area contributed by atoms with Gasteiger partial charge < -0.3 is 11.1 Å². The van der Waals surface area contributed by atoms with E-state index in [-0.39, 0.29) is 5.82 Å². The van der Waals surface area contributed by atoms with E-state index in [4.69, 9.17) is 16.5 Å². The SMILES string of the molecule is CNc1c(N)cccc1F.N#N. The fourth-order valence-corrected chi connectivity index (χ4v) is 0.805. The molecule has 0 fully saturated rings. The second kappa shape index (κ2) is 4.91. The van der Waals surface area contributed by atoms with Gasteiger partial charge in [0.25, 0.3) is 0 Å². The number of anilines is 2. The van der Waals surface area contributed by atoms with Crippen LogP contribution in [0, 0.1) is 16.6 Å². The Morgan fingerprint density at radius 3 is 2.33 bits per heavy atom. The van der Waals surface area contributed by atoms with E-state index < -0.39 is 0 Å². The van der Waals surface area contributed by atoms with Gasteiger partial charge in [-0.3, -0.25) is 0 Å². The first-order valence-electron chi connectivity index (χ1n) is 3.17.